The molecule has 0 aliphatic rings. The Morgan fingerprint density at radius 2 is 2.33 bits per heavy atom. The summed E-state index contributed by atoms with van der Waals surface area (Å²) in [5.41, 5.74) is 1.99. The van der Waals surface area contributed by atoms with Crippen LogP contribution in [0.25, 0.3) is 11.0 Å². The van der Waals surface area contributed by atoms with Crippen LogP contribution in [0.3, 0.4) is 0 Å². The lowest BCUT2D eigenvalue weighted by atomic mass is 10.3. The molecule has 0 fully saturated rings. The van der Waals surface area contributed by atoms with Crippen molar-refractivity contribution in [3.63, 3.8) is 0 Å². The Morgan fingerprint density at radius 1 is 1.56 bits per heavy atom. The number of nitrogens with zero attached hydrogens (tertiary/aromatic N) is 1. The van der Waals surface area contributed by atoms with E-state index in [1.54, 1.807) is 0 Å². The number of halogens is 1. The Kier molecular flexibility index (Phi) is 4.24. The number of para-hydroxylation sites is 1. The van der Waals surface area contributed by atoms with Gasteiger partial charge >= 0.3 is 0 Å². The van der Waals surface area contributed by atoms with E-state index in [4.69, 9.17) is 17.0 Å². The molecule has 0 radical (unpaired) electrons. The second-order valence-electron chi connectivity index (χ2n) is 4.03. The van der Waals surface area contributed by atoms with Gasteiger partial charge in [0.15, 0.2) is 4.77 Å². The van der Waals surface area contributed by atoms with E-state index < -0.39 is 0 Å². The zero-order valence-corrected chi connectivity index (χ0v) is 12.6. The molecule has 0 saturated carbocycles. The van der Waals surface area contributed by atoms with E-state index >= 15 is 0 Å². The number of imidazole rings is 1. The molecule has 1 aromatic heterocycles. The van der Waals surface area contributed by atoms with Gasteiger partial charge < -0.3 is 14.3 Å². The summed E-state index contributed by atoms with van der Waals surface area (Å²) in [5.74, 6) is 0.847. The fourth-order valence-electron chi connectivity index (χ4n) is 1.81. The van der Waals surface area contributed by atoms with Crippen molar-refractivity contribution < 1.29 is 4.74 Å². The lowest BCUT2D eigenvalue weighted by Gasteiger charge is -2.06. The Hall–Kier alpha value is -1.07. The average molecular weight is 327 g/mol. The van der Waals surface area contributed by atoms with Gasteiger partial charge in [0.2, 0.25) is 0 Å². The minimum absolute atomic E-state index is 0.649. The van der Waals surface area contributed by atoms with Gasteiger partial charge in [0.05, 0.1) is 18.7 Å². The first kappa shape index (κ1) is 13.4. The van der Waals surface area contributed by atoms with Gasteiger partial charge in [0.1, 0.15) is 11.3 Å². The van der Waals surface area contributed by atoms with Crippen LogP contribution in [-0.4, -0.2) is 16.2 Å². The van der Waals surface area contributed by atoms with Crippen molar-refractivity contribution in [1.82, 2.24) is 9.55 Å². The van der Waals surface area contributed by atoms with Crippen LogP contribution >= 0.6 is 28.1 Å². The summed E-state index contributed by atoms with van der Waals surface area (Å²) < 4.78 is 9.28. The number of nitrogens with one attached hydrogen (secondary N) is 1. The van der Waals surface area contributed by atoms with Gasteiger partial charge in [-0.15, -0.1) is 0 Å². The van der Waals surface area contributed by atoms with E-state index in [1.807, 2.05) is 22.8 Å². The third-order valence-electron chi connectivity index (χ3n) is 2.56. The van der Waals surface area contributed by atoms with Crippen molar-refractivity contribution in [3.8, 4) is 5.75 Å². The van der Waals surface area contributed by atoms with E-state index in [1.165, 1.54) is 0 Å². The molecule has 2 aromatic rings. The quantitative estimate of drug-likeness (QED) is 0.825. The lowest BCUT2D eigenvalue weighted by molar-refractivity contribution is 0.320. The molecular weight excluding hydrogens is 312 g/mol. The van der Waals surface area contributed by atoms with Crippen LogP contribution in [0.1, 0.15) is 13.3 Å². The molecule has 0 aliphatic heterocycles. The Balaban J connectivity index is 2.52. The van der Waals surface area contributed by atoms with E-state index in [2.05, 4.69) is 34.4 Å². The molecule has 18 heavy (non-hydrogen) atoms. The molecule has 96 valence electrons. The van der Waals surface area contributed by atoms with Crippen molar-refractivity contribution in [1.29, 1.82) is 0 Å². The molecule has 3 nitrogen and oxygen atoms in total. The monoisotopic (exact) mass is 326 g/mol. The number of hydrogen-bond donors (Lipinski definition) is 1. The summed E-state index contributed by atoms with van der Waals surface area (Å²) in [4.78, 5) is 3.20. The molecule has 1 heterocycles. The van der Waals surface area contributed by atoms with Crippen molar-refractivity contribution in [3.05, 3.63) is 34.0 Å². The second-order valence-corrected chi connectivity index (χ2v) is 5.54. The summed E-state index contributed by atoms with van der Waals surface area (Å²) in [6.45, 7) is 7.29. The highest BCUT2D eigenvalue weighted by Gasteiger charge is 2.09. The van der Waals surface area contributed by atoms with E-state index in [-0.39, 0.29) is 0 Å². The maximum Gasteiger partial charge on any atom is 0.178 e. The largest absolute Gasteiger partial charge is 0.491 e. The highest BCUT2D eigenvalue weighted by Crippen LogP contribution is 2.26. The van der Waals surface area contributed by atoms with Crippen molar-refractivity contribution in [2.75, 3.05) is 6.61 Å². The summed E-state index contributed by atoms with van der Waals surface area (Å²) in [6, 6.07) is 5.95. The molecule has 5 heteroatoms. The third-order valence-corrected chi connectivity index (χ3v) is 3.14. The Labute approximate surface area is 120 Å². The van der Waals surface area contributed by atoms with E-state index in [0.29, 0.717) is 17.9 Å². The molecule has 0 amide bonds. The van der Waals surface area contributed by atoms with Gasteiger partial charge in [-0.25, -0.2) is 0 Å². The number of H-pyrrole nitrogens is 1. The first-order chi connectivity index (χ1) is 8.63. The van der Waals surface area contributed by atoms with Crippen LogP contribution in [0.4, 0.5) is 0 Å². The average Bonchev–Trinajstić information content (AvgIpc) is 2.64. The number of benzene rings is 1. The highest BCUT2D eigenvalue weighted by atomic mass is 79.9. The number of fused-ring (bicyclic) bond motifs is 1. The fraction of sp³-hybridized carbons (Fsp3) is 0.308. The van der Waals surface area contributed by atoms with Crippen LogP contribution in [-0.2, 0) is 6.54 Å². The zero-order chi connectivity index (χ0) is 13.1. The lowest BCUT2D eigenvalue weighted by Crippen LogP contribution is -1.98. The van der Waals surface area contributed by atoms with Crippen molar-refractivity contribution in [2.45, 2.75) is 19.9 Å². The number of ether oxygens (including phenoxy) is 1. The van der Waals surface area contributed by atoms with Crippen LogP contribution in [0.5, 0.6) is 5.75 Å². The van der Waals surface area contributed by atoms with Gasteiger partial charge in [-0.05, 0) is 30.8 Å². The van der Waals surface area contributed by atoms with Crippen LogP contribution in [0.15, 0.2) is 29.3 Å². The Morgan fingerprint density at radius 3 is 3.00 bits per heavy atom. The summed E-state index contributed by atoms with van der Waals surface area (Å²) >= 11 is 8.70. The molecule has 0 saturated heterocycles. The first-order valence-corrected chi connectivity index (χ1v) is 7.01. The molecule has 0 spiro atoms. The molecule has 1 aromatic carbocycles. The van der Waals surface area contributed by atoms with Gasteiger partial charge in [-0.1, -0.05) is 35.5 Å². The highest BCUT2D eigenvalue weighted by molar-refractivity contribution is 9.11. The van der Waals surface area contributed by atoms with Gasteiger partial charge in [0.25, 0.3) is 0 Å². The molecule has 2 rings (SSSR count). The molecule has 0 unspecified atom stereocenters. The third kappa shape index (κ3) is 2.67. The van der Waals surface area contributed by atoms with Crippen LogP contribution in [0, 0.1) is 4.77 Å². The number of aromatic amines is 1. The molecule has 0 atom stereocenters. The van der Waals surface area contributed by atoms with Gasteiger partial charge in [-0.3, -0.25) is 0 Å². The van der Waals surface area contributed by atoms with Crippen LogP contribution in [0.2, 0.25) is 0 Å². The minimum Gasteiger partial charge on any atom is -0.491 e. The summed E-state index contributed by atoms with van der Waals surface area (Å²) in [5, 5.41) is 0. The van der Waals surface area contributed by atoms with Gasteiger partial charge in [-0.2, -0.15) is 0 Å². The zero-order valence-electron chi connectivity index (χ0n) is 10.2. The SMILES string of the molecule is C=C(Br)Cn1c(=S)[nH]c2c(OCCC)cccc21. The predicted octanol–water partition coefficient (Wildman–Crippen LogP) is 4.40. The maximum atomic E-state index is 5.72. The van der Waals surface area contributed by atoms with E-state index in [0.717, 1.165) is 27.7 Å². The number of aromatic nitrogens is 2. The molecular formula is C13H15BrN2OS. The Bertz CT molecular complexity index is 629. The maximum absolute atomic E-state index is 5.72. The minimum atomic E-state index is 0.649. The predicted molar refractivity (Wildman–Crippen MR) is 81.0 cm³/mol. The standard InChI is InChI=1S/C13H15BrN2OS/c1-3-7-17-11-6-4-5-10-12(11)15-13(18)16(10)8-9(2)14/h4-6H,2-3,7-8H2,1H3,(H,15,18). The smallest absolute Gasteiger partial charge is 0.178 e. The normalized spacial score (nSPS) is 10.8. The van der Waals surface area contributed by atoms with E-state index in [9.17, 15) is 0 Å². The second kappa shape index (κ2) is 5.71. The number of allylic oxidation sites excluding steroid dienone is 1. The fourth-order valence-corrected chi connectivity index (χ4v) is 2.33. The number of rotatable bonds is 5. The number of hydrogen-bond acceptors (Lipinski definition) is 2. The molecule has 0 aliphatic carbocycles. The summed E-state index contributed by atoms with van der Waals surface area (Å²) in [6.07, 6.45) is 0.982. The van der Waals surface area contributed by atoms with Gasteiger partial charge in [0, 0.05) is 4.48 Å². The van der Waals surface area contributed by atoms with Crippen LogP contribution < -0.4 is 4.74 Å². The van der Waals surface area contributed by atoms with Crippen molar-refractivity contribution in [2.24, 2.45) is 0 Å². The molecule has 1 N–H and O–H groups in total. The molecule has 0 bridgehead atoms. The van der Waals surface area contributed by atoms with Crippen molar-refractivity contribution >= 4 is 39.2 Å². The topological polar surface area (TPSA) is 29.9 Å². The first-order valence-electron chi connectivity index (χ1n) is 5.81. The summed E-state index contributed by atoms with van der Waals surface area (Å²) in [7, 11) is 0.